The van der Waals surface area contributed by atoms with Crippen LogP contribution in [0.25, 0.3) is 0 Å². The number of rotatable bonds is 3. The molecule has 90 valence electrons. The molecular weight excluding hydrogens is 220 g/mol. The van der Waals surface area contributed by atoms with Crippen molar-refractivity contribution in [2.45, 2.75) is 20.4 Å². The maximum absolute atomic E-state index is 11.9. The summed E-state index contributed by atoms with van der Waals surface area (Å²) in [6, 6.07) is 1.85. The Morgan fingerprint density at radius 3 is 2.82 bits per heavy atom. The molecule has 0 bridgehead atoms. The molecule has 2 aromatic heterocycles. The van der Waals surface area contributed by atoms with E-state index in [4.69, 9.17) is 4.52 Å². The average molecular weight is 234 g/mol. The van der Waals surface area contributed by atoms with E-state index >= 15 is 0 Å². The molecule has 0 spiro atoms. The Balaban J connectivity index is 2.06. The highest BCUT2D eigenvalue weighted by atomic mass is 16.5. The summed E-state index contributed by atoms with van der Waals surface area (Å²) in [6.45, 7) is 3.90. The molecule has 0 aliphatic heterocycles. The molecule has 0 aliphatic carbocycles. The smallest absolute Gasteiger partial charge is 0.257 e. The van der Waals surface area contributed by atoms with E-state index in [9.17, 15) is 4.79 Å². The maximum Gasteiger partial charge on any atom is 0.257 e. The molecule has 6 nitrogen and oxygen atoms in total. The number of nitrogens with one attached hydrogen (secondary N) is 1. The SMILES string of the molecule is Cc1noc(C)c1C(=O)NCc1ccnn1C. The van der Waals surface area contributed by atoms with Gasteiger partial charge in [-0.05, 0) is 19.9 Å². The molecule has 0 fully saturated rings. The highest BCUT2D eigenvalue weighted by Gasteiger charge is 2.17. The van der Waals surface area contributed by atoms with Crippen molar-refractivity contribution in [1.82, 2.24) is 20.3 Å². The summed E-state index contributed by atoms with van der Waals surface area (Å²) in [5.41, 5.74) is 2.04. The summed E-state index contributed by atoms with van der Waals surface area (Å²) in [4.78, 5) is 11.9. The van der Waals surface area contributed by atoms with E-state index in [1.165, 1.54) is 0 Å². The number of aryl methyl sites for hydroxylation is 3. The van der Waals surface area contributed by atoms with E-state index < -0.39 is 0 Å². The molecule has 2 rings (SSSR count). The Morgan fingerprint density at radius 1 is 1.53 bits per heavy atom. The fourth-order valence-corrected chi connectivity index (χ4v) is 1.64. The summed E-state index contributed by atoms with van der Waals surface area (Å²) in [6.07, 6.45) is 1.69. The zero-order valence-electron chi connectivity index (χ0n) is 10.0. The fraction of sp³-hybridized carbons (Fsp3) is 0.364. The Kier molecular flexibility index (Phi) is 2.95. The molecule has 6 heteroatoms. The Labute approximate surface area is 98.6 Å². The first-order valence-corrected chi connectivity index (χ1v) is 5.27. The van der Waals surface area contributed by atoms with Gasteiger partial charge in [-0.15, -0.1) is 0 Å². The number of carbonyl (C=O) groups excluding carboxylic acids is 1. The van der Waals surface area contributed by atoms with E-state index in [1.807, 2.05) is 13.1 Å². The second kappa shape index (κ2) is 4.40. The summed E-state index contributed by atoms with van der Waals surface area (Å²) in [7, 11) is 1.83. The van der Waals surface area contributed by atoms with Gasteiger partial charge in [0.2, 0.25) is 0 Å². The number of aromatic nitrogens is 3. The van der Waals surface area contributed by atoms with Crippen molar-refractivity contribution < 1.29 is 9.32 Å². The van der Waals surface area contributed by atoms with Crippen LogP contribution in [0.4, 0.5) is 0 Å². The lowest BCUT2D eigenvalue weighted by molar-refractivity contribution is 0.0948. The van der Waals surface area contributed by atoms with Crippen molar-refractivity contribution in [2.75, 3.05) is 0 Å². The van der Waals surface area contributed by atoms with Crippen LogP contribution in [0.5, 0.6) is 0 Å². The van der Waals surface area contributed by atoms with Gasteiger partial charge in [0.1, 0.15) is 11.3 Å². The summed E-state index contributed by atoms with van der Waals surface area (Å²) in [5.74, 6) is 0.354. The summed E-state index contributed by atoms with van der Waals surface area (Å²) < 4.78 is 6.66. The van der Waals surface area contributed by atoms with Crippen LogP contribution >= 0.6 is 0 Å². The highest BCUT2D eigenvalue weighted by Crippen LogP contribution is 2.11. The molecule has 17 heavy (non-hydrogen) atoms. The van der Waals surface area contributed by atoms with Crippen molar-refractivity contribution in [1.29, 1.82) is 0 Å². The minimum atomic E-state index is -0.178. The van der Waals surface area contributed by atoms with Gasteiger partial charge in [-0.3, -0.25) is 9.48 Å². The molecule has 1 N–H and O–H groups in total. The minimum absolute atomic E-state index is 0.178. The minimum Gasteiger partial charge on any atom is -0.361 e. The largest absolute Gasteiger partial charge is 0.361 e. The third-order valence-electron chi connectivity index (χ3n) is 2.61. The molecule has 0 aliphatic rings. The topological polar surface area (TPSA) is 73.0 Å². The molecule has 0 aromatic carbocycles. The van der Waals surface area contributed by atoms with Gasteiger partial charge in [0.25, 0.3) is 5.91 Å². The lowest BCUT2D eigenvalue weighted by Gasteiger charge is -2.04. The lowest BCUT2D eigenvalue weighted by atomic mass is 10.2. The van der Waals surface area contributed by atoms with Gasteiger partial charge < -0.3 is 9.84 Å². The first-order chi connectivity index (χ1) is 8.09. The van der Waals surface area contributed by atoms with Crippen molar-refractivity contribution in [3.63, 3.8) is 0 Å². The molecule has 0 radical (unpaired) electrons. The van der Waals surface area contributed by atoms with Crippen molar-refractivity contribution in [3.8, 4) is 0 Å². The quantitative estimate of drug-likeness (QED) is 0.858. The monoisotopic (exact) mass is 234 g/mol. The van der Waals surface area contributed by atoms with E-state index in [0.717, 1.165) is 5.69 Å². The van der Waals surface area contributed by atoms with Crippen molar-refractivity contribution in [2.24, 2.45) is 7.05 Å². The van der Waals surface area contributed by atoms with Crippen LogP contribution in [0.15, 0.2) is 16.8 Å². The Hall–Kier alpha value is -2.11. The highest BCUT2D eigenvalue weighted by molar-refractivity contribution is 5.95. The zero-order chi connectivity index (χ0) is 12.4. The van der Waals surface area contributed by atoms with Crippen LogP contribution in [0.2, 0.25) is 0 Å². The van der Waals surface area contributed by atoms with E-state index in [1.54, 1.807) is 24.7 Å². The van der Waals surface area contributed by atoms with Gasteiger partial charge in [0.05, 0.1) is 17.9 Å². The van der Waals surface area contributed by atoms with Crippen LogP contribution < -0.4 is 5.32 Å². The predicted octanol–water partition coefficient (Wildman–Crippen LogP) is 0.955. The third-order valence-corrected chi connectivity index (χ3v) is 2.61. The van der Waals surface area contributed by atoms with Gasteiger partial charge in [0, 0.05) is 13.2 Å². The molecule has 2 heterocycles. The predicted molar refractivity (Wildman–Crippen MR) is 60.4 cm³/mol. The van der Waals surface area contributed by atoms with E-state index in [2.05, 4.69) is 15.6 Å². The normalized spacial score (nSPS) is 10.5. The number of amides is 1. The molecular formula is C11H14N4O2. The zero-order valence-corrected chi connectivity index (χ0v) is 10.0. The second-order valence-electron chi connectivity index (χ2n) is 3.83. The number of nitrogens with zero attached hydrogens (tertiary/aromatic N) is 3. The number of hydrogen-bond acceptors (Lipinski definition) is 4. The molecule has 0 saturated heterocycles. The first-order valence-electron chi connectivity index (χ1n) is 5.27. The molecule has 1 amide bonds. The van der Waals surface area contributed by atoms with Gasteiger partial charge in [-0.1, -0.05) is 5.16 Å². The number of carbonyl (C=O) groups is 1. The average Bonchev–Trinajstić information content (AvgIpc) is 2.83. The third kappa shape index (κ3) is 2.20. The Bertz CT molecular complexity index is 522. The van der Waals surface area contributed by atoms with Crippen LogP contribution in [-0.2, 0) is 13.6 Å². The second-order valence-corrected chi connectivity index (χ2v) is 3.83. The van der Waals surface area contributed by atoms with E-state index in [0.29, 0.717) is 23.6 Å². The summed E-state index contributed by atoms with van der Waals surface area (Å²) in [5, 5.41) is 10.6. The lowest BCUT2D eigenvalue weighted by Crippen LogP contribution is -2.24. The molecule has 0 atom stereocenters. The first kappa shape index (κ1) is 11.4. The van der Waals surface area contributed by atoms with Gasteiger partial charge in [0.15, 0.2) is 0 Å². The molecule has 0 saturated carbocycles. The van der Waals surface area contributed by atoms with Crippen molar-refractivity contribution >= 4 is 5.91 Å². The fourth-order valence-electron chi connectivity index (χ4n) is 1.64. The van der Waals surface area contributed by atoms with Crippen LogP contribution in [0, 0.1) is 13.8 Å². The van der Waals surface area contributed by atoms with Gasteiger partial charge in [-0.2, -0.15) is 5.10 Å². The maximum atomic E-state index is 11.9. The molecule has 2 aromatic rings. The van der Waals surface area contributed by atoms with Gasteiger partial charge in [-0.25, -0.2) is 0 Å². The Morgan fingerprint density at radius 2 is 2.29 bits per heavy atom. The summed E-state index contributed by atoms with van der Waals surface area (Å²) >= 11 is 0. The van der Waals surface area contributed by atoms with Gasteiger partial charge >= 0.3 is 0 Å². The number of hydrogen-bond donors (Lipinski definition) is 1. The molecule has 0 unspecified atom stereocenters. The standard InChI is InChI=1S/C11H14N4O2/c1-7-10(8(2)17-14-7)11(16)12-6-9-4-5-13-15(9)3/h4-5H,6H2,1-3H3,(H,12,16). The van der Waals surface area contributed by atoms with Crippen LogP contribution in [-0.4, -0.2) is 20.8 Å². The van der Waals surface area contributed by atoms with Crippen LogP contribution in [0.1, 0.15) is 27.5 Å². The van der Waals surface area contributed by atoms with E-state index in [-0.39, 0.29) is 5.91 Å². The van der Waals surface area contributed by atoms with Crippen LogP contribution in [0.3, 0.4) is 0 Å². The van der Waals surface area contributed by atoms with Crippen molar-refractivity contribution in [3.05, 3.63) is 35.0 Å².